The molecule has 1 aliphatic carbocycles. The smallest absolute Gasteiger partial charge is 0.416 e. The summed E-state index contributed by atoms with van der Waals surface area (Å²) in [5, 5.41) is 3.82. The number of aryl methyl sites for hydroxylation is 1. The van der Waals surface area contributed by atoms with Gasteiger partial charge in [0.05, 0.1) is 32.6 Å². The topological polar surface area (TPSA) is 54.5 Å². The number of amides is 1. The molecule has 9 heteroatoms. The number of rotatable bonds is 7. The van der Waals surface area contributed by atoms with Crippen molar-refractivity contribution >= 4 is 32.6 Å². The van der Waals surface area contributed by atoms with Gasteiger partial charge in [0.1, 0.15) is 5.75 Å². The van der Waals surface area contributed by atoms with Crippen LogP contribution in [0.3, 0.4) is 0 Å². The summed E-state index contributed by atoms with van der Waals surface area (Å²) in [6.07, 6.45) is -0.792. The third kappa shape index (κ3) is 4.90. The molecule has 191 valence electrons. The van der Waals surface area contributed by atoms with Crippen LogP contribution in [0.15, 0.2) is 55.2 Å². The van der Waals surface area contributed by atoms with E-state index < -0.39 is 17.3 Å². The zero-order chi connectivity index (χ0) is 26.5. The first-order chi connectivity index (χ1) is 17.5. The summed E-state index contributed by atoms with van der Waals surface area (Å²) in [6.45, 7) is 6.12. The first kappa shape index (κ1) is 25.5. The molecule has 1 saturated carbocycles. The second kappa shape index (κ2) is 9.29. The SMILES string of the molecule is C=C(c1cc(C2(NC(=O)c3cc(OC([Si])[C@@H]4CCN4C)ccc3C)CC2)c2cccnc2c1)C(F)(F)F. The maximum absolute atomic E-state index is 13.5. The summed E-state index contributed by atoms with van der Waals surface area (Å²) in [4.78, 5) is 20.0. The van der Waals surface area contributed by atoms with Crippen LogP contribution < -0.4 is 10.1 Å². The van der Waals surface area contributed by atoms with E-state index in [9.17, 15) is 18.0 Å². The van der Waals surface area contributed by atoms with Crippen molar-refractivity contribution in [2.24, 2.45) is 0 Å². The molecule has 37 heavy (non-hydrogen) atoms. The van der Waals surface area contributed by atoms with E-state index in [1.807, 2.05) is 32.2 Å². The minimum absolute atomic E-state index is 0.0510. The summed E-state index contributed by atoms with van der Waals surface area (Å²) in [7, 11) is 5.69. The Hall–Kier alpha value is -3.17. The standard InChI is InChI=1S/C28H27F3N3O2Si/c1-16-6-7-19(36-26(37)24-8-12-34(24)3)15-21(16)25(35)33-27(9-10-27)22-13-18(17(2)28(29,30)31)14-23-20(22)5-4-11-32-23/h4-7,11,13-15,24,26H,2,8-10,12H2,1,3H3,(H,33,35)/t24-,26?/m0/s1. The van der Waals surface area contributed by atoms with Crippen LogP contribution in [-0.2, 0) is 5.54 Å². The highest BCUT2D eigenvalue weighted by molar-refractivity contribution is 6.11. The molecule has 1 unspecified atom stereocenters. The highest BCUT2D eigenvalue weighted by Crippen LogP contribution is 2.49. The largest absolute Gasteiger partial charge is 0.493 e. The van der Waals surface area contributed by atoms with Crippen molar-refractivity contribution in [1.82, 2.24) is 15.2 Å². The van der Waals surface area contributed by atoms with Gasteiger partial charge in [-0.3, -0.25) is 9.78 Å². The number of alkyl halides is 3. The predicted octanol–water partition coefficient (Wildman–Crippen LogP) is 5.12. The van der Waals surface area contributed by atoms with Crippen LogP contribution in [0.2, 0.25) is 0 Å². The number of pyridine rings is 1. The van der Waals surface area contributed by atoms with Gasteiger partial charge < -0.3 is 15.0 Å². The number of aromatic nitrogens is 1. The van der Waals surface area contributed by atoms with Crippen LogP contribution in [0.25, 0.3) is 16.5 Å². The molecule has 2 heterocycles. The summed E-state index contributed by atoms with van der Waals surface area (Å²) in [5.74, 6) is 0.267. The fraction of sp³-hybridized carbons (Fsp3) is 0.357. The van der Waals surface area contributed by atoms with Crippen LogP contribution >= 0.6 is 0 Å². The number of hydrogen-bond acceptors (Lipinski definition) is 4. The monoisotopic (exact) mass is 522 g/mol. The molecule has 0 spiro atoms. The fourth-order valence-electron chi connectivity index (χ4n) is 4.85. The number of fused-ring (bicyclic) bond motifs is 1. The van der Waals surface area contributed by atoms with E-state index >= 15 is 0 Å². The van der Waals surface area contributed by atoms with Gasteiger partial charge in [-0.05, 0) is 86.8 Å². The number of carbonyl (C=O) groups excluding carboxylic acids is 1. The van der Waals surface area contributed by atoms with Crippen molar-refractivity contribution in [2.75, 3.05) is 13.6 Å². The Bertz CT molecular complexity index is 1390. The van der Waals surface area contributed by atoms with Crippen molar-refractivity contribution in [3.63, 3.8) is 0 Å². The van der Waals surface area contributed by atoms with E-state index in [1.54, 1.807) is 12.1 Å². The molecule has 2 aliphatic rings. The average molecular weight is 523 g/mol. The minimum atomic E-state index is -4.57. The molecule has 2 aromatic carbocycles. The molecular formula is C28H27F3N3O2Si. The Morgan fingerprint density at radius 3 is 2.65 bits per heavy atom. The third-order valence-electron chi connectivity index (χ3n) is 7.44. The summed E-state index contributed by atoms with van der Waals surface area (Å²) in [5.41, 5.74) is 0.295. The number of likely N-dealkylation sites (N-methyl/N-ethyl adjacent to an activating group) is 1. The molecule has 1 saturated heterocycles. The maximum atomic E-state index is 13.5. The van der Waals surface area contributed by atoms with Crippen LogP contribution in [0.4, 0.5) is 13.2 Å². The zero-order valence-electron chi connectivity index (χ0n) is 20.7. The van der Waals surface area contributed by atoms with E-state index in [-0.39, 0.29) is 23.2 Å². The van der Waals surface area contributed by atoms with Crippen molar-refractivity contribution in [1.29, 1.82) is 0 Å². The second-order valence-electron chi connectivity index (χ2n) is 9.96. The molecule has 2 atom stereocenters. The first-order valence-corrected chi connectivity index (χ1v) is 12.7. The molecule has 5 rings (SSSR count). The highest BCUT2D eigenvalue weighted by atomic mass is 28.1. The van der Waals surface area contributed by atoms with Gasteiger partial charge in [0.2, 0.25) is 0 Å². The van der Waals surface area contributed by atoms with Crippen molar-refractivity contribution < 1.29 is 22.7 Å². The molecule has 0 bridgehead atoms. The van der Waals surface area contributed by atoms with Crippen molar-refractivity contribution in [2.45, 2.75) is 49.7 Å². The van der Waals surface area contributed by atoms with Crippen LogP contribution in [0, 0.1) is 6.92 Å². The number of likely N-dealkylation sites (tertiary alicyclic amines) is 1. The van der Waals surface area contributed by atoms with E-state index in [0.29, 0.717) is 40.6 Å². The molecule has 1 aliphatic heterocycles. The predicted molar refractivity (Wildman–Crippen MR) is 138 cm³/mol. The molecule has 1 N–H and O–H groups in total. The van der Waals surface area contributed by atoms with Crippen LogP contribution in [-0.4, -0.2) is 57.6 Å². The molecular weight excluding hydrogens is 495 g/mol. The summed E-state index contributed by atoms with van der Waals surface area (Å²) in [6, 6.07) is 12.1. The molecule has 3 aromatic rings. The molecule has 1 amide bonds. The van der Waals surface area contributed by atoms with E-state index in [1.165, 1.54) is 18.3 Å². The van der Waals surface area contributed by atoms with E-state index in [0.717, 1.165) is 18.5 Å². The van der Waals surface area contributed by atoms with E-state index in [4.69, 9.17) is 4.74 Å². The van der Waals surface area contributed by atoms with Gasteiger partial charge in [-0.25, -0.2) is 0 Å². The van der Waals surface area contributed by atoms with Crippen LogP contribution in [0.1, 0.15) is 46.3 Å². The third-order valence-corrected chi connectivity index (χ3v) is 7.94. The lowest BCUT2D eigenvalue weighted by atomic mass is 9.93. The lowest BCUT2D eigenvalue weighted by Crippen LogP contribution is -2.53. The fourth-order valence-corrected chi connectivity index (χ4v) is 5.41. The quantitative estimate of drug-likeness (QED) is 0.438. The Labute approximate surface area is 217 Å². The number of nitrogens with zero attached hydrogens (tertiary/aromatic N) is 2. The number of benzene rings is 2. The maximum Gasteiger partial charge on any atom is 0.416 e. The molecule has 1 aromatic heterocycles. The van der Waals surface area contributed by atoms with Gasteiger partial charge >= 0.3 is 6.18 Å². The number of hydrogen-bond donors (Lipinski definition) is 1. The second-order valence-corrected chi connectivity index (χ2v) is 10.5. The number of halogens is 3. The van der Waals surface area contributed by atoms with Crippen molar-refractivity contribution in [3.8, 4) is 5.75 Å². The van der Waals surface area contributed by atoms with E-state index in [2.05, 4.69) is 32.0 Å². The summed E-state index contributed by atoms with van der Waals surface area (Å²) >= 11 is 0. The highest BCUT2D eigenvalue weighted by Gasteiger charge is 2.47. The Morgan fingerprint density at radius 2 is 2.03 bits per heavy atom. The molecule has 5 nitrogen and oxygen atoms in total. The van der Waals surface area contributed by atoms with Gasteiger partial charge in [0, 0.05) is 23.2 Å². The minimum Gasteiger partial charge on any atom is -0.493 e. The molecule has 3 radical (unpaired) electrons. The average Bonchev–Trinajstić information content (AvgIpc) is 3.62. The number of allylic oxidation sites excluding steroid dienone is 1. The lowest BCUT2D eigenvalue weighted by Gasteiger charge is -2.41. The van der Waals surface area contributed by atoms with Gasteiger partial charge in [-0.15, -0.1) is 0 Å². The number of ether oxygens (including phenoxy) is 1. The Morgan fingerprint density at radius 1 is 1.27 bits per heavy atom. The zero-order valence-corrected chi connectivity index (χ0v) is 21.7. The van der Waals surface area contributed by atoms with Gasteiger partial charge in [-0.1, -0.05) is 18.7 Å². The van der Waals surface area contributed by atoms with Gasteiger partial charge in [0.25, 0.3) is 5.91 Å². The van der Waals surface area contributed by atoms with Gasteiger partial charge in [0.15, 0.2) is 0 Å². The van der Waals surface area contributed by atoms with Crippen molar-refractivity contribution in [3.05, 3.63) is 77.5 Å². The number of nitrogens with one attached hydrogen (secondary N) is 1. The molecule has 2 fully saturated rings. The van der Waals surface area contributed by atoms with Crippen LogP contribution in [0.5, 0.6) is 5.75 Å². The Kier molecular flexibility index (Phi) is 6.40. The lowest BCUT2D eigenvalue weighted by molar-refractivity contribution is -0.0686. The Balaban J connectivity index is 1.44. The normalized spacial score (nSPS) is 19.7. The first-order valence-electron chi connectivity index (χ1n) is 12.2. The summed E-state index contributed by atoms with van der Waals surface area (Å²) < 4.78 is 46.5. The van der Waals surface area contributed by atoms with Gasteiger partial charge in [-0.2, -0.15) is 13.2 Å². The number of carbonyl (C=O) groups is 1.